The Morgan fingerprint density at radius 1 is 1.24 bits per heavy atom. The number of nitrogens with zero attached hydrogens (tertiary/aromatic N) is 3. The lowest BCUT2D eigenvalue weighted by Crippen LogP contribution is -2.32. The predicted molar refractivity (Wildman–Crippen MR) is 104 cm³/mol. The number of thiocarbonyl (C=S) groups is 1. The van der Waals surface area contributed by atoms with Gasteiger partial charge in [-0.25, -0.2) is 4.39 Å². The molecule has 136 valence electrons. The minimum Gasteiger partial charge on any atom is -0.362 e. The summed E-state index contributed by atoms with van der Waals surface area (Å²) < 4.78 is 14.7. The Labute approximate surface area is 154 Å². The molecule has 0 aliphatic carbocycles. The van der Waals surface area contributed by atoms with E-state index in [0.717, 1.165) is 43.9 Å². The van der Waals surface area contributed by atoms with E-state index in [-0.39, 0.29) is 5.82 Å². The summed E-state index contributed by atoms with van der Waals surface area (Å²) in [4.78, 5) is 2.39. The van der Waals surface area contributed by atoms with Crippen molar-refractivity contribution in [2.75, 3.05) is 31.5 Å². The zero-order valence-electron chi connectivity index (χ0n) is 14.8. The molecule has 0 aliphatic heterocycles. The summed E-state index contributed by atoms with van der Waals surface area (Å²) in [5, 5.41) is 11.2. The molecule has 0 spiro atoms. The standard InChI is InChI=1S/C18H26FN5S/c1-3-23(4-2)11-5-10-20-18(25)22-17-12-21-24(14-17)13-15-6-8-16(19)9-7-15/h6-9,12,14H,3-5,10-11,13H2,1-2H3,(H2,20,22,25). The summed E-state index contributed by atoms with van der Waals surface area (Å²) in [5.41, 5.74) is 1.83. The van der Waals surface area contributed by atoms with E-state index in [0.29, 0.717) is 11.7 Å². The van der Waals surface area contributed by atoms with Gasteiger partial charge in [-0.05, 0) is 56.0 Å². The van der Waals surface area contributed by atoms with E-state index in [1.165, 1.54) is 12.1 Å². The number of nitrogens with one attached hydrogen (secondary N) is 2. The Hall–Kier alpha value is -1.99. The summed E-state index contributed by atoms with van der Waals surface area (Å²) in [6.45, 7) is 8.99. The van der Waals surface area contributed by atoms with E-state index < -0.39 is 0 Å². The normalized spacial score (nSPS) is 10.9. The van der Waals surface area contributed by atoms with Crippen molar-refractivity contribution < 1.29 is 4.39 Å². The zero-order chi connectivity index (χ0) is 18.1. The summed E-state index contributed by atoms with van der Waals surface area (Å²) >= 11 is 5.31. The highest BCUT2D eigenvalue weighted by atomic mass is 32.1. The van der Waals surface area contributed by atoms with Gasteiger partial charge < -0.3 is 15.5 Å². The van der Waals surface area contributed by atoms with Crippen LogP contribution >= 0.6 is 12.2 Å². The molecule has 7 heteroatoms. The second-order valence-electron chi connectivity index (χ2n) is 5.81. The maximum Gasteiger partial charge on any atom is 0.170 e. The SMILES string of the molecule is CCN(CC)CCCNC(=S)Nc1cnn(Cc2ccc(F)cc2)c1. The molecule has 2 N–H and O–H groups in total. The lowest BCUT2D eigenvalue weighted by Gasteiger charge is -2.18. The van der Waals surface area contributed by atoms with Crippen LogP contribution in [-0.2, 0) is 6.54 Å². The Bertz CT molecular complexity index is 652. The van der Waals surface area contributed by atoms with Gasteiger partial charge in [0.1, 0.15) is 5.82 Å². The number of hydrogen-bond donors (Lipinski definition) is 2. The molecule has 1 aromatic carbocycles. The molecule has 0 saturated heterocycles. The van der Waals surface area contributed by atoms with Crippen LogP contribution in [-0.4, -0.2) is 46.0 Å². The molecule has 5 nitrogen and oxygen atoms in total. The van der Waals surface area contributed by atoms with E-state index in [4.69, 9.17) is 12.2 Å². The predicted octanol–water partition coefficient (Wildman–Crippen LogP) is 3.09. The fraction of sp³-hybridized carbons (Fsp3) is 0.444. The first kappa shape index (κ1) is 19.3. The maximum atomic E-state index is 12.9. The third-order valence-corrected chi connectivity index (χ3v) is 4.23. The molecule has 0 unspecified atom stereocenters. The summed E-state index contributed by atoms with van der Waals surface area (Å²) in [5.74, 6) is -0.232. The van der Waals surface area contributed by atoms with E-state index in [2.05, 4.69) is 34.5 Å². The van der Waals surface area contributed by atoms with Gasteiger partial charge in [0.05, 0.1) is 18.4 Å². The second-order valence-corrected chi connectivity index (χ2v) is 6.22. The van der Waals surface area contributed by atoms with Crippen molar-refractivity contribution in [3.63, 3.8) is 0 Å². The average Bonchev–Trinajstić information content (AvgIpc) is 3.04. The number of rotatable bonds is 9. The molecule has 1 aromatic heterocycles. The van der Waals surface area contributed by atoms with Gasteiger partial charge in [-0.3, -0.25) is 4.68 Å². The van der Waals surface area contributed by atoms with Crippen LogP contribution in [0.3, 0.4) is 0 Å². The monoisotopic (exact) mass is 363 g/mol. The molecule has 1 heterocycles. The number of halogens is 1. The number of hydrogen-bond acceptors (Lipinski definition) is 3. The molecular weight excluding hydrogens is 337 g/mol. The van der Waals surface area contributed by atoms with Gasteiger partial charge in [-0.15, -0.1) is 0 Å². The molecular formula is C18H26FN5S. The van der Waals surface area contributed by atoms with E-state index in [9.17, 15) is 4.39 Å². The van der Waals surface area contributed by atoms with Crippen molar-refractivity contribution in [1.29, 1.82) is 0 Å². The highest BCUT2D eigenvalue weighted by molar-refractivity contribution is 7.80. The fourth-order valence-electron chi connectivity index (χ4n) is 2.51. The molecule has 0 aliphatic rings. The summed E-state index contributed by atoms with van der Waals surface area (Å²) in [7, 11) is 0. The van der Waals surface area contributed by atoms with Crippen molar-refractivity contribution in [3.05, 3.63) is 48.0 Å². The van der Waals surface area contributed by atoms with Gasteiger partial charge in [0.2, 0.25) is 0 Å². The zero-order valence-corrected chi connectivity index (χ0v) is 15.7. The molecule has 2 rings (SSSR count). The Morgan fingerprint density at radius 2 is 1.96 bits per heavy atom. The van der Waals surface area contributed by atoms with Crippen molar-refractivity contribution in [2.45, 2.75) is 26.8 Å². The van der Waals surface area contributed by atoms with Gasteiger partial charge in [0.25, 0.3) is 0 Å². The van der Waals surface area contributed by atoms with Gasteiger partial charge in [-0.1, -0.05) is 26.0 Å². The van der Waals surface area contributed by atoms with Crippen LogP contribution in [0.25, 0.3) is 0 Å². The third kappa shape index (κ3) is 6.80. The molecule has 0 atom stereocenters. The van der Waals surface area contributed by atoms with Crippen molar-refractivity contribution in [2.24, 2.45) is 0 Å². The van der Waals surface area contributed by atoms with E-state index in [1.807, 2.05) is 6.20 Å². The number of anilines is 1. The van der Waals surface area contributed by atoms with Crippen molar-refractivity contribution in [3.8, 4) is 0 Å². The lowest BCUT2D eigenvalue weighted by molar-refractivity contribution is 0.300. The van der Waals surface area contributed by atoms with Crippen molar-refractivity contribution >= 4 is 23.0 Å². The van der Waals surface area contributed by atoms with Gasteiger partial charge in [-0.2, -0.15) is 5.10 Å². The molecule has 0 fully saturated rings. The topological polar surface area (TPSA) is 45.1 Å². The number of aromatic nitrogens is 2. The molecule has 0 radical (unpaired) electrons. The van der Waals surface area contributed by atoms with Crippen LogP contribution in [0.5, 0.6) is 0 Å². The van der Waals surface area contributed by atoms with Crippen LogP contribution in [0.4, 0.5) is 10.1 Å². The van der Waals surface area contributed by atoms with Crippen molar-refractivity contribution in [1.82, 2.24) is 20.0 Å². The first-order valence-electron chi connectivity index (χ1n) is 8.64. The Balaban J connectivity index is 1.72. The minimum absolute atomic E-state index is 0.232. The van der Waals surface area contributed by atoms with E-state index >= 15 is 0 Å². The third-order valence-electron chi connectivity index (χ3n) is 3.98. The highest BCUT2D eigenvalue weighted by Gasteiger charge is 2.03. The van der Waals surface area contributed by atoms with Crippen LogP contribution in [0.1, 0.15) is 25.8 Å². The Kier molecular flexibility index (Phi) is 7.81. The van der Waals surface area contributed by atoms with Crippen LogP contribution in [0, 0.1) is 5.82 Å². The number of benzene rings is 1. The van der Waals surface area contributed by atoms with E-state index in [1.54, 1.807) is 23.0 Å². The van der Waals surface area contributed by atoms with Gasteiger partial charge in [0.15, 0.2) is 5.11 Å². The van der Waals surface area contributed by atoms with Gasteiger partial charge in [0, 0.05) is 12.7 Å². The quantitative estimate of drug-likeness (QED) is 0.529. The summed E-state index contributed by atoms with van der Waals surface area (Å²) in [6, 6.07) is 6.42. The van der Waals surface area contributed by atoms with Gasteiger partial charge >= 0.3 is 0 Å². The molecule has 2 aromatic rings. The smallest absolute Gasteiger partial charge is 0.170 e. The average molecular weight is 364 g/mol. The molecule has 0 bridgehead atoms. The molecule has 25 heavy (non-hydrogen) atoms. The Morgan fingerprint density at radius 3 is 2.64 bits per heavy atom. The largest absolute Gasteiger partial charge is 0.362 e. The first-order valence-corrected chi connectivity index (χ1v) is 9.05. The van der Waals surface area contributed by atoms with Crippen LogP contribution < -0.4 is 10.6 Å². The first-order chi connectivity index (χ1) is 12.1. The highest BCUT2D eigenvalue weighted by Crippen LogP contribution is 2.09. The summed E-state index contributed by atoms with van der Waals surface area (Å²) in [6.07, 6.45) is 4.66. The van der Waals surface area contributed by atoms with Crippen LogP contribution in [0.2, 0.25) is 0 Å². The molecule has 0 amide bonds. The molecule has 0 saturated carbocycles. The fourth-order valence-corrected chi connectivity index (χ4v) is 2.73. The van der Waals surface area contributed by atoms with Crippen LogP contribution in [0.15, 0.2) is 36.7 Å². The maximum absolute atomic E-state index is 12.9. The second kappa shape index (κ2) is 10.1. The lowest BCUT2D eigenvalue weighted by atomic mass is 10.2. The minimum atomic E-state index is -0.232.